The molecule has 1 atom stereocenters. The number of hydrogen-bond donors (Lipinski definition) is 1. The van der Waals surface area contributed by atoms with Gasteiger partial charge in [0.05, 0.1) is 6.54 Å². The SMILES string of the molecule is CC(C)CCN1C(=O)c2cc3ccsc3n2C[C@@]1(C)C(=O)NCc1ccc(Cl)cc1. The molecule has 1 aliphatic rings. The maximum Gasteiger partial charge on any atom is 0.271 e. The van der Waals surface area contributed by atoms with Crippen LogP contribution in [0.25, 0.3) is 10.2 Å². The van der Waals surface area contributed by atoms with E-state index in [0.29, 0.717) is 36.3 Å². The lowest BCUT2D eigenvalue weighted by Crippen LogP contribution is -2.64. The van der Waals surface area contributed by atoms with Gasteiger partial charge in [0.15, 0.2) is 0 Å². The van der Waals surface area contributed by atoms with Gasteiger partial charge in [-0.1, -0.05) is 37.6 Å². The lowest BCUT2D eigenvalue weighted by Gasteiger charge is -2.44. The van der Waals surface area contributed by atoms with Crippen molar-refractivity contribution in [1.29, 1.82) is 0 Å². The molecule has 0 aliphatic carbocycles. The highest BCUT2D eigenvalue weighted by atomic mass is 35.5. The first-order valence-corrected chi connectivity index (χ1v) is 11.5. The first-order chi connectivity index (χ1) is 14.3. The topological polar surface area (TPSA) is 54.3 Å². The Labute approximate surface area is 185 Å². The van der Waals surface area contributed by atoms with Gasteiger partial charge in [-0.2, -0.15) is 0 Å². The molecule has 0 spiro atoms. The number of benzene rings is 1. The normalized spacial score (nSPS) is 18.8. The van der Waals surface area contributed by atoms with Gasteiger partial charge in [-0.15, -0.1) is 11.3 Å². The van der Waals surface area contributed by atoms with Crippen molar-refractivity contribution < 1.29 is 9.59 Å². The van der Waals surface area contributed by atoms with Crippen molar-refractivity contribution in [1.82, 2.24) is 14.8 Å². The van der Waals surface area contributed by atoms with Crippen molar-refractivity contribution in [3.8, 4) is 0 Å². The van der Waals surface area contributed by atoms with Gasteiger partial charge in [0.2, 0.25) is 5.91 Å². The molecule has 1 aromatic carbocycles. The number of fused-ring (bicyclic) bond motifs is 3. The van der Waals surface area contributed by atoms with Crippen molar-refractivity contribution in [3.05, 3.63) is 58.1 Å². The fourth-order valence-corrected chi connectivity index (χ4v) is 4.99. The average Bonchev–Trinajstić information content (AvgIpc) is 3.29. The van der Waals surface area contributed by atoms with Crippen LogP contribution in [-0.2, 0) is 17.9 Å². The number of carbonyl (C=O) groups is 2. The van der Waals surface area contributed by atoms with E-state index in [9.17, 15) is 9.59 Å². The van der Waals surface area contributed by atoms with Crippen LogP contribution in [0, 0.1) is 5.92 Å². The van der Waals surface area contributed by atoms with E-state index < -0.39 is 5.54 Å². The summed E-state index contributed by atoms with van der Waals surface area (Å²) in [5.41, 5.74) is 0.680. The van der Waals surface area contributed by atoms with Crippen LogP contribution in [0.3, 0.4) is 0 Å². The van der Waals surface area contributed by atoms with Crippen LogP contribution >= 0.6 is 22.9 Å². The highest BCUT2D eigenvalue weighted by Gasteiger charge is 2.47. The molecule has 2 amide bonds. The summed E-state index contributed by atoms with van der Waals surface area (Å²) in [6.07, 6.45) is 0.848. The predicted octanol–water partition coefficient (Wildman–Crippen LogP) is 4.93. The summed E-state index contributed by atoms with van der Waals surface area (Å²) in [6.45, 7) is 7.54. The van der Waals surface area contributed by atoms with Crippen LogP contribution in [-0.4, -0.2) is 33.4 Å². The maximum atomic E-state index is 13.4. The van der Waals surface area contributed by atoms with E-state index in [2.05, 4.69) is 19.2 Å². The molecule has 7 heteroatoms. The number of amides is 2. The van der Waals surface area contributed by atoms with Gasteiger partial charge in [-0.25, -0.2) is 0 Å². The molecule has 0 saturated carbocycles. The number of halogens is 1. The lowest BCUT2D eigenvalue weighted by atomic mass is 9.93. The molecular weight excluding hydrogens is 418 g/mol. The van der Waals surface area contributed by atoms with Gasteiger partial charge < -0.3 is 14.8 Å². The van der Waals surface area contributed by atoms with Gasteiger partial charge in [-0.3, -0.25) is 9.59 Å². The number of aromatic nitrogens is 1. The molecule has 3 heterocycles. The van der Waals surface area contributed by atoms with E-state index >= 15 is 0 Å². The molecule has 30 heavy (non-hydrogen) atoms. The minimum absolute atomic E-state index is 0.0746. The molecule has 1 N–H and O–H groups in total. The van der Waals surface area contributed by atoms with Crippen LogP contribution in [0.5, 0.6) is 0 Å². The van der Waals surface area contributed by atoms with Gasteiger partial charge in [0.1, 0.15) is 16.1 Å². The van der Waals surface area contributed by atoms with E-state index in [1.54, 1.807) is 16.2 Å². The van der Waals surface area contributed by atoms with Gasteiger partial charge >= 0.3 is 0 Å². The van der Waals surface area contributed by atoms with Crippen molar-refractivity contribution in [3.63, 3.8) is 0 Å². The van der Waals surface area contributed by atoms with E-state index in [0.717, 1.165) is 22.2 Å². The van der Waals surface area contributed by atoms with Crippen LogP contribution in [0.2, 0.25) is 5.02 Å². The van der Waals surface area contributed by atoms with E-state index in [1.807, 2.05) is 53.3 Å². The highest BCUT2D eigenvalue weighted by Crippen LogP contribution is 2.34. The minimum Gasteiger partial charge on any atom is -0.350 e. The largest absolute Gasteiger partial charge is 0.350 e. The summed E-state index contributed by atoms with van der Waals surface area (Å²) in [4.78, 5) is 29.7. The number of hydrogen-bond acceptors (Lipinski definition) is 3. The molecule has 0 fully saturated rings. The second-order valence-corrected chi connectivity index (χ2v) is 9.85. The fraction of sp³-hybridized carbons (Fsp3) is 0.391. The third kappa shape index (κ3) is 3.74. The number of nitrogens with one attached hydrogen (secondary N) is 1. The predicted molar refractivity (Wildman–Crippen MR) is 122 cm³/mol. The zero-order valence-electron chi connectivity index (χ0n) is 17.4. The van der Waals surface area contributed by atoms with Crippen molar-refractivity contribution in [2.45, 2.75) is 45.8 Å². The quantitative estimate of drug-likeness (QED) is 0.587. The Bertz CT molecular complexity index is 1090. The number of rotatable bonds is 6. The summed E-state index contributed by atoms with van der Waals surface area (Å²) in [7, 11) is 0. The second-order valence-electron chi connectivity index (χ2n) is 8.52. The molecule has 5 nitrogen and oxygen atoms in total. The third-order valence-electron chi connectivity index (χ3n) is 5.81. The Morgan fingerprint density at radius 3 is 2.70 bits per heavy atom. The van der Waals surface area contributed by atoms with E-state index in [4.69, 9.17) is 11.6 Å². The molecule has 2 aromatic heterocycles. The van der Waals surface area contributed by atoms with Crippen molar-refractivity contribution in [2.24, 2.45) is 5.92 Å². The first kappa shape index (κ1) is 20.9. The number of carbonyl (C=O) groups excluding carboxylic acids is 2. The molecule has 0 bridgehead atoms. The summed E-state index contributed by atoms with van der Waals surface area (Å²) in [5, 5.41) is 6.78. The molecule has 1 aliphatic heterocycles. The molecule has 0 unspecified atom stereocenters. The third-order valence-corrected chi connectivity index (χ3v) is 7.02. The molecule has 3 aromatic rings. The fourth-order valence-electron chi connectivity index (χ4n) is 3.97. The zero-order chi connectivity index (χ0) is 21.5. The summed E-state index contributed by atoms with van der Waals surface area (Å²) >= 11 is 7.56. The van der Waals surface area contributed by atoms with Gasteiger partial charge in [0.25, 0.3) is 5.91 Å². The Balaban J connectivity index is 1.64. The Kier molecular flexibility index (Phi) is 5.64. The van der Waals surface area contributed by atoms with Gasteiger partial charge in [0, 0.05) is 23.5 Å². The minimum atomic E-state index is -0.957. The number of nitrogens with zero attached hydrogens (tertiary/aromatic N) is 2. The lowest BCUT2D eigenvalue weighted by molar-refractivity contribution is -0.133. The average molecular weight is 444 g/mol. The van der Waals surface area contributed by atoms with Crippen LogP contribution < -0.4 is 5.32 Å². The molecule has 4 rings (SSSR count). The van der Waals surface area contributed by atoms with Crippen LogP contribution in [0.1, 0.15) is 43.2 Å². The number of thiophene rings is 1. The summed E-state index contributed by atoms with van der Waals surface area (Å²) in [6, 6.07) is 11.4. The smallest absolute Gasteiger partial charge is 0.271 e. The Morgan fingerprint density at radius 1 is 1.27 bits per heavy atom. The molecule has 0 radical (unpaired) electrons. The van der Waals surface area contributed by atoms with Crippen LogP contribution in [0.4, 0.5) is 0 Å². The standard InChI is InChI=1S/C23H26ClN3O2S/c1-15(2)8-10-27-20(28)19-12-17-9-11-30-21(17)26(19)14-23(27,3)22(29)25-13-16-4-6-18(24)7-5-16/h4-7,9,11-12,15H,8,10,13-14H2,1-3H3,(H,25,29)/t23-/m0/s1. The second kappa shape index (κ2) is 8.08. The maximum absolute atomic E-state index is 13.4. The Morgan fingerprint density at radius 2 is 2.00 bits per heavy atom. The van der Waals surface area contributed by atoms with E-state index in [1.165, 1.54) is 0 Å². The highest BCUT2D eigenvalue weighted by molar-refractivity contribution is 7.16. The Hall–Kier alpha value is -2.31. The zero-order valence-corrected chi connectivity index (χ0v) is 19.0. The first-order valence-electron chi connectivity index (χ1n) is 10.2. The molecule has 158 valence electrons. The van der Waals surface area contributed by atoms with Crippen LogP contribution in [0.15, 0.2) is 41.8 Å². The van der Waals surface area contributed by atoms with Crippen molar-refractivity contribution >= 4 is 45.0 Å². The summed E-state index contributed by atoms with van der Waals surface area (Å²) < 4.78 is 2.01. The molecule has 0 saturated heterocycles. The molecular formula is C23H26ClN3O2S. The van der Waals surface area contributed by atoms with E-state index in [-0.39, 0.29) is 11.8 Å². The van der Waals surface area contributed by atoms with Gasteiger partial charge in [-0.05, 0) is 54.5 Å². The monoisotopic (exact) mass is 443 g/mol. The summed E-state index contributed by atoms with van der Waals surface area (Å²) in [5.74, 6) is 0.226. The van der Waals surface area contributed by atoms with Crippen molar-refractivity contribution in [2.75, 3.05) is 6.54 Å².